The number of nitrogens with zero attached hydrogens (tertiary/aromatic N) is 1. The van der Waals surface area contributed by atoms with Gasteiger partial charge in [-0.05, 0) is 38.4 Å². The summed E-state index contributed by atoms with van der Waals surface area (Å²) in [5.74, 6) is 0. The van der Waals surface area contributed by atoms with Crippen molar-refractivity contribution in [2.75, 3.05) is 26.8 Å². The Balaban J connectivity index is 2.03. The normalized spacial score (nSPS) is 20.5. The highest BCUT2D eigenvalue weighted by atomic mass is 35.5. The molecule has 106 valence electrons. The Morgan fingerprint density at radius 3 is 2.63 bits per heavy atom. The fraction of sp³-hybridized carbons (Fsp3) is 0.600. The molecule has 0 bridgehead atoms. The molecular weight excluding hydrogens is 260 g/mol. The van der Waals surface area contributed by atoms with Crippen molar-refractivity contribution in [1.29, 1.82) is 0 Å². The predicted molar refractivity (Wildman–Crippen MR) is 79.5 cm³/mol. The van der Waals surface area contributed by atoms with Crippen LogP contribution in [0.3, 0.4) is 0 Å². The van der Waals surface area contributed by atoms with E-state index in [0.29, 0.717) is 0 Å². The summed E-state index contributed by atoms with van der Waals surface area (Å²) in [6.07, 6.45) is 1.85. The minimum absolute atomic E-state index is 0.136. The summed E-state index contributed by atoms with van der Waals surface area (Å²) >= 11 is 6.26. The first-order valence-electron chi connectivity index (χ1n) is 6.83. The quantitative estimate of drug-likeness (QED) is 0.923. The van der Waals surface area contributed by atoms with Crippen LogP contribution >= 0.6 is 11.6 Å². The smallest absolute Gasteiger partial charge is 0.0484 e. The largest absolute Gasteiger partial charge is 0.381 e. The van der Waals surface area contributed by atoms with Crippen molar-refractivity contribution >= 4 is 11.6 Å². The van der Waals surface area contributed by atoms with Gasteiger partial charge in [-0.15, -0.1) is 0 Å². The lowest BCUT2D eigenvalue weighted by Gasteiger charge is -2.39. The van der Waals surface area contributed by atoms with Gasteiger partial charge in [0, 0.05) is 36.4 Å². The zero-order valence-corrected chi connectivity index (χ0v) is 12.5. The number of ether oxygens (including phenoxy) is 1. The average Bonchev–Trinajstić information content (AvgIpc) is 2.39. The number of likely N-dealkylation sites (N-methyl/N-ethyl adjacent to an activating group) is 1. The molecule has 1 heterocycles. The first-order valence-corrected chi connectivity index (χ1v) is 7.21. The Morgan fingerprint density at radius 2 is 2.00 bits per heavy atom. The highest BCUT2D eigenvalue weighted by Crippen LogP contribution is 2.28. The van der Waals surface area contributed by atoms with Crippen LogP contribution in [-0.2, 0) is 4.74 Å². The summed E-state index contributed by atoms with van der Waals surface area (Å²) in [4.78, 5) is 2.28. The van der Waals surface area contributed by atoms with E-state index in [-0.39, 0.29) is 11.6 Å². The van der Waals surface area contributed by atoms with E-state index in [1.54, 1.807) is 0 Å². The van der Waals surface area contributed by atoms with Crippen LogP contribution in [-0.4, -0.2) is 37.2 Å². The maximum absolute atomic E-state index is 6.46. The Morgan fingerprint density at radius 1 is 1.37 bits per heavy atom. The van der Waals surface area contributed by atoms with Gasteiger partial charge < -0.3 is 10.5 Å². The average molecular weight is 283 g/mol. The maximum atomic E-state index is 6.46. The second kappa shape index (κ2) is 6.23. The van der Waals surface area contributed by atoms with Gasteiger partial charge in [0.2, 0.25) is 0 Å². The van der Waals surface area contributed by atoms with E-state index in [2.05, 4.69) is 24.9 Å². The highest BCUT2D eigenvalue weighted by molar-refractivity contribution is 6.31. The number of nitrogens with two attached hydrogens (primary N) is 1. The van der Waals surface area contributed by atoms with Gasteiger partial charge in [0.05, 0.1) is 0 Å². The number of halogens is 1. The van der Waals surface area contributed by atoms with Crippen LogP contribution in [0.15, 0.2) is 24.3 Å². The molecule has 2 rings (SSSR count). The van der Waals surface area contributed by atoms with Gasteiger partial charge in [0.15, 0.2) is 0 Å². The maximum Gasteiger partial charge on any atom is 0.0484 e. The van der Waals surface area contributed by atoms with Gasteiger partial charge in [-0.3, -0.25) is 4.90 Å². The molecule has 1 fully saturated rings. The van der Waals surface area contributed by atoms with Crippen LogP contribution in [0.4, 0.5) is 0 Å². The molecule has 4 heteroatoms. The molecule has 0 radical (unpaired) electrons. The van der Waals surface area contributed by atoms with Crippen LogP contribution in [0.25, 0.3) is 0 Å². The molecular formula is C15H23ClN2O. The van der Waals surface area contributed by atoms with Gasteiger partial charge in [-0.1, -0.05) is 29.8 Å². The van der Waals surface area contributed by atoms with Crippen LogP contribution < -0.4 is 5.73 Å². The monoisotopic (exact) mass is 282 g/mol. The fourth-order valence-electron chi connectivity index (χ4n) is 2.62. The Labute approximate surface area is 120 Å². The third-order valence-electron chi connectivity index (χ3n) is 4.07. The zero-order valence-electron chi connectivity index (χ0n) is 11.7. The van der Waals surface area contributed by atoms with Gasteiger partial charge in [-0.25, -0.2) is 0 Å². The summed E-state index contributed by atoms with van der Waals surface area (Å²) in [5, 5.41) is 0.819. The molecule has 2 N–H and O–H groups in total. The summed E-state index contributed by atoms with van der Waals surface area (Å²) in [7, 11) is 2.11. The van der Waals surface area contributed by atoms with Gasteiger partial charge in [0.25, 0.3) is 0 Å². The highest BCUT2D eigenvalue weighted by Gasteiger charge is 2.30. The van der Waals surface area contributed by atoms with E-state index < -0.39 is 0 Å². The number of rotatable bonds is 4. The summed E-state index contributed by atoms with van der Waals surface area (Å²) in [6.45, 7) is 4.57. The Hall–Kier alpha value is -0.610. The second-order valence-electron chi connectivity index (χ2n) is 5.59. The Bertz CT molecular complexity index is 418. The van der Waals surface area contributed by atoms with Gasteiger partial charge in [-0.2, -0.15) is 0 Å². The fourth-order valence-corrected chi connectivity index (χ4v) is 2.91. The third kappa shape index (κ3) is 3.69. The van der Waals surface area contributed by atoms with E-state index in [0.717, 1.165) is 43.2 Å². The molecule has 1 atom stereocenters. The molecule has 0 aromatic heterocycles. The van der Waals surface area contributed by atoms with E-state index in [1.165, 1.54) is 0 Å². The molecule has 1 aliphatic heterocycles. The van der Waals surface area contributed by atoms with Crippen molar-refractivity contribution in [1.82, 2.24) is 4.90 Å². The van der Waals surface area contributed by atoms with Crippen LogP contribution in [0.2, 0.25) is 5.02 Å². The molecule has 1 unspecified atom stereocenters. The number of benzene rings is 1. The minimum Gasteiger partial charge on any atom is -0.381 e. The van der Waals surface area contributed by atoms with E-state index in [9.17, 15) is 0 Å². The standard InChI is InChI=1S/C15H23ClN2O/c1-12(13-5-3-4-6-14(13)16)18(2)11-15(17)7-9-19-10-8-15/h3-6,12H,7-11,17H2,1-2H3. The van der Waals surface area contributed by atoms with Gasteiger partial charge >= 0.3 is 0 Å². The van der Waals surface area contributed by atoms with Gasteiger partial charge in [0.1, 0.15) is 0 Å². The Kier molecular flexibility index (Phi) is 4.85. The summed E-state index contributed by atoms with van der Waals surface area (Å²) in [5.41, 5.74) is 7.48. The van der Waals surface area contributed by atoms with Crippen molar-refractivity contribution in [3.8, 4) is 0 Å². The third-order valence-corrected chi connectivity index (χ3v) is 4.41. The first-order chi connectivity index (χ1) is 9.02. The lowest BCUT2D eigenvalue weighted by Crippen LogP contribution is -2.53. The molecule has 19 heavy (non-hydrogen) atoms. The predicted octanol–water partition coefficient (Wildman–Crippen LogP) is 2.84. The summed E-state index contributed by atoms with van der Waals surface area (Å²) in [6, 6.07) is 8.27. The molecule has 1 aromatic rings. The SMILES string of the molecule is CC(c1ccccc1Cl)N(C)CC1(N)CCOCC1. The molecule has 1 aromatic carbocycles. The molecule has 0 saturated carbocycles. The zero-order chi connectivity index (χ0) is 13.9. The van der Waals surface area contributed by atoms with Crippen molar-refractivity contribution in [3.05, 3.63) is 34.9 Å². The lowest BCUT2D eigenvalue weighted by atomic mass is 9.90. The molecule has 0 aliphatic carbocycles. The molecule has 1 saturated heterocycles. The van der Waals surface area contributed by atoms with Crippen LogP contribution in [0, 0.1) is 0 Å². The van der Waals surface area contributed by atoms with Crippen LogP contribution in [0.1, 0.15) is 31.4 Å². The second-order valence-corrected chi connectivity index (χ2v) is 5.99. The van der Waals surface area contributed by atoms with E-state index in [1.807, 2.05) is 18.2 Å². The number of hydrogen-bond acceptors (Lipinski definition) is 3. The van der Waals surface area contributed by atoms with E-state index >= 15 is 0 Å². The minimum atomic E-state index is -0.136. The van der Waals surface area contributed by atoms with Crippen molar-refractivity contribution in [3.63, 3.8) is 0 Å². The van der Waals surface area contributed by atoms with E-state index in [4.69, 9.17) is 22.1 Å². The molecule has 0 spiro atoms. The number of hydrogen-bond donors (Lipinski definition) is 1. The van der Waals surface area contributed by atoms with Crippen molar-refractivity contribution < 1.29 is 4.74 Å². The topological polar surface area (TPSA) is 38.5 Å². The molecule has 1 aliphatic rings. The van der Waals surface area contributed by atoms with Crippen molar-refractivity contribution in [2.24, 2.45) is 5.73 Å². The molecule has 0 amide bonds. The summed E-state index contributed by atoms with van der Waals surface area (Å²) < 4.78 is 5.39. The van der Waals surface area contributed by atoms with Crippen LogP contribution in [0.5, 0.6) is 0 Å². The van der Waals surface area contributed by atoms with Crippen molar-refractivity contribution in [2.45, 2.75) is 31.3 Å². The first kappa shape index (κ1) is 14.8. The molecule has 3 nitrogen and oxygen atoms in total. The lowest BCUT2D eigenvalue weighted by molar-refractivity contribution is 0.0364.